The zero-order valence-corrected chi connectivity index (χ0v) is 19.1. The molecule has 1 N–H and O–H groups in total. The Kier molecular flexibility index (Phi) is 5.31. The summed E-state index contributed by atoms with van der Waals surface area (Å²) < 4.78 is 0. The van der Waals surface area contributed by atoms with Crippen molar-refractivity contribution in [3.05, 3.63) is 126 Å². The number of fused-ring (bicyclic) bond motifs is 1. The Hall–Kier alpha value is -5.10. The third kappa shape index (κ3) is 3.61. The van der Waals surface area contributed by atoms with Crippen LogP contribution in [-0.4, -0.2) is 27.0 Å². The van der Waals surface area contributed by atoms with Gasteiger partial charge in [-0.05, 0) is 23.3 Å². The quantitative estimate of drug-likeness (QED) is 0.316. The second-order valence-electron chi connectivity index (χ2n) is 8.35. The van der Waals surface area contributed by atoms with Crippen LogP contribution < -0.4 is 5.43 Å². The zero-order chi connectivity index (χ0) is 24.5. The van der Waals surface area contributed by atoms with Crippen LogP contribution in [0, 0.1) is 0 Å². The molecule has 0 radical (unpaired) electrons. The van der Waals surface area contributed by atoms with Gasteiger partial charge in [0.1, 0.15) is 5.69 Å². The molecule has 172 valence electrons. The summed E-state index contributed by atoms with van der Waals surface area (Å²) in [5.41, 5.74) is 8.74. The summed E-state index contributed by atoms with van der Waals surface area (Å²) in [5.74, 6) is -0.538. The largest absolute Gasteiger partial charge is 0.280 e. The summed E-state index contributed by atoms with van der Waals surface area (Å²) in [5, 5.41) is 10.1. The molecule has 2 amide bonds. The molecule has 2 heterocycles. The lowest BCUT2D eigenvalue weighted by atomic mass is 9.91. The number of benzene rings is 4. The number of carbonyl (C=O) groups excluding carboxylic acids is 2. The van der Waals surface area contributed by atoms with Crippen molar-refractivity contribution in [3.8, 4) is 33.5 Å². The van der Waals surface area contributed by atoms with Crippen molar-refractivity contribution in [2.45, 2.75) is 0 Å². The SMILES string of the molecule is O=C1c2ccccc2C(=O)N1Nc1nnc(-c2ccccc2)c(-c2ccccc2)c1-c1ccccc1. The van der Waals surface area contributed by atoms with Crippen molar-refractivity contribution in [2.75, 3.05) is 5.43 Å². The molecule has 6 nitrogen and oxygen atoms in total. The summed E-state index contributed by atoms with van der Waals surface area (Å²) in [7, 11) is 0. The maximum Gasteiger partial charge on any atom is 0.280 e. The number of anilines is 1. The molecule has 0 aliphatic carbocycles. The monoisotopic (exact) mass is 468 g/mol. The summed E-state index contributed by atoms with van der Waals surface area (Å²) in [6.45, 7) is 0. The Balaban J connectivity index is 1.58. The van der Waals surface area contributed by atoms with E-state index in [9.17, 15) is 9.59 Å². The maximum absolute atomic E-state index is 13.1. The topological polar surface area (TPSA) is 75.2 Å². The van der Waals surface area contributed by atoms with Gasteiger partial charge in [-0.3, -0.25) is 15.0 Å². The van der Waals surface area contributed by atoms with Crippen molar-refractivity contribution in [3.63, 3.8) is 0 Å². The van der Waals surface area contributed by atoms with Crippen LogP contribution in [0.3, 0.4) is 0 Å². The number of hydrogen-bond acceptors (Lipinski definition) is 5. The van der Waals surface area contributed by atoms with Gasteiger partial charge in [0.05, 0.1) is 11.1 Å². The second-order valence-corrected chi connectivity index (χ2v) is 8.35. The first-order valence-corrected chi connectivity index (χ1v) is 11.5. The highest BCUT2D eigenvalue weighted by Crippen LogP contribution is 2.42. The molecule has 6 heteroatoms. The minimum absolute atomic E-state index is 0.314. The molecule has 0 saturated carbocycles. The maximum atomic E-state index is 13.1. The van der Waals surface area contributed by atoms with E-state index in [2.05, 4.69) is 15.6 Å². The lowest BCUT2D eigenvalue weighted by Crippen LogP contribution is -2.36. The Morgan fingerprint density at radius 3 is 1.47 bits per heavy atom. The molecule has 0 bridgehead atoms. The van der Waals surface area contributed by atoms with E-state index in [0.717, 1.165) is 32.8 Å². The van der Waals surface area contributed by atoms with Crippen molar-refractivity contribution in [2.24, 2.45) is 0 Å². The normalized spacial score (nSPS) is 12.5. The summed E-state index contributed by atoms with van der Waals surface area (Å²) in [6, 6.07) is 36.3. The molecule has 36 heavy (non-hydrogen) atoms. The van der Waals surface area contributed by atoms with Crippen LogP contribution in [0.1, 0.15) is 20.7 Å². The molecular formula is C30H20N4O2. The number of nitrogens with zero attached hydrogens (tertiary/aromatic N) is 3. The van der Waals surface area contributed by atoms with E-state index in [-0.39, 0.29) is 0 Å². The minimum atomic E-state index is -0.426. The molecule has 6 rings (SSSR count). The summed E-state index contributed by atoms with van der Waals surface area (Å²) in [4.78, 5) is 26.2. The molecule has 1 aliphatic rings. The zero-order valence-electron chi connectivity index (χ0n) is 19.1. The molecule has 1 aromatic heterocycles. The van der Waals surface area contributed by atoms with Crippen molar-refractivity contribution in [1.82, 2.24) is 15.2 Å². The minimum Gasteiger partial charge on any atom is -0.269 e. The van der Waals surface area contributed by atoms with Gasteiger partial charge >= 0.3 is 0 Å². The predicted octanol–water partition coefficient (Wildman–Crippen LogP) is 6.10. The highest BCUT2D eigenvalue weighted by atomic mass is 16.2. The molecule has 0 atom stereocenters. The number of nitrogens with one attached hydrogen (secondary N) is 1. The number of amides is 2. The summed E-state index contributed by atoms with van der Waals surface area (Å²) >= 11 is 0. The van der Waals surface area contributed by atoms with Gasteiger partial charge in [0.2, 0.25) is 0 Å². The lowest BCUT2D eigenvalue weighted by Gasteiger charge is -2.22. The Morgan fingerprint density at radius 2 is 0.944 bits per heavy atom. The molecular weight excluding hydrogens is 448 g/mol. The average molecular weight is 469 g/mol. The van der Waals surface area contributed by atoms with E-state index >= 15 is 0 Å². The van der Waals surface area contributed by atoms with E-state index in [0.29, 0.717) is 22.6 Å². The van der Waals surface area contributed by atoms with Gasteiger partial charge in [-0.25, -0.2) is 0 Å². The van der Waals surface area contributed by atoms with Crippen LogP contribution in [0.15, 0.2) is 115 Å². The van der Waals surface area contributed by atoms with Gasteiger partial charge in [-0.1, -0.05) is 103 Å². The molecule has 0 saturated heterocycles. The predicted molar refractivity (Wildman–Crippen MR) is 139 cm³/mol. The first-order chi connectivity index (χ1) is 17.7. The Labute approximate surface area is 207 Å². The van der Waals surface area contributed by atoms with E-state index in [4.69, 9.17) is 0 Å². The highest BCUT2D eigenvalue weighted by Gasteiger charge is 2.36. The molecule has 4 aromatic carbocycles. The smallest absolute Gasteiger partial charge is 0.269 e. The average Bonchev–Trinajstić information content (AvgIpc) is 3.19. The van der Waals surface area contributed by atoms with Crippen molar-refractivity contribution >= 4 is 17.6 Å². The summed E-state index contributed by atoms with van der Waals surface area (Å²) in [6.07, 6.45) is 0. The van der Waals surface area contributed by atoms with Crippen LogP contribution in [0.4, 0.5) is 5.82 Å². The number of hydrazine groups is 1. The van der Waals surface area contributed by atoms with Gasteiger partial charge in [0.15, 0.2) is 5.82 Å². The van der Waals surface area contributed by atoms with Crippen LogP contribution >= 0.6 is 0 Å². The third-order valence-electron chi connectivity index (χ3n) is 6.16. The van der Waals surface area contributed by atoms with E-state index in [1.807, 2.05) is 91.0 Å². The molecule has 0 spiro atoms. The number of imide groups is 1. The van der Waals surface area contributed by atoms with Crippen LogP contribution in [0.2, 0.25) is 0 Å². The number of carbonyl (C=O) groups is 2. The molecule has 5 aromatic rings. The van der Waals surface area contributed by atoms with Gasteiger partial charge in [-0.2, -0.15) is 5.01 Å². The first kappa shape index (κ1) is 21.4. The van der Waals surface area contributed by atoms with Gasteiger partial charge < -0.3 is 0 Å². The lowest BCUT2D eigenvalue weighted by molar-refractivity contribution is 0.0690. The van der Waals surface area contributed by atoms with Crippen LogP contribution in [-0.2, 0) is 0 Å². The van der Waals surface area contributed by atoms with Crippen molar-refractivity contribution in [1.29, 1.82) is 0 Å². The third-order valence-corrected chi connectivity index (χ3v) is 6.16. The number of hydrogen-bond donors (Lipinski definition) is 1. The number of rotatable bonds is 5. The molecule has 1 aliphatic heterocycles. The Morgan fingerprint density at radius 1 is 0.500 bits per heavy atom. The Bertz CT molecular complexity index is 1550. The molecule has 0 fully saturated rings. The fourth-order valence-corrected chi connectivity index (χ4v) is 4.48. The number of aromatic nitrogens is 2. The first-order valence-electron chi connectivity index (χ1n) is 11.5. The highest BCUT2D eigenvalue weighted by molar-refractivity contribution is 6.22. The molecule has 0 unspecified atom stereocenters. The van der Waals surface area contributed by atoms with Crippen LogP contribution in [0.5, 0.6) is 0 Å². The second kappa shape index (κ2) is 8.92. The standard InChI is InChI=1S/C30H20N4O2/c35-29-23-18-10-11-19-24(23)30(36)34(29)33-28-26(21-14-6-2-7-15-21)25(20-12-4-1-5-13-20)27(31-32-28)22-16-8-3-9-17-22/h1-19H,(H,32,33). The fourth-order valence-electron chi connectivity index (χ4n) is 4.48. The van der Waals surface area contributed by atoms with E-state index in [1.54, 1.807) is 24.3 Å². The van der Waals surface area contributed by atoms with Gasteiger partial charge in [0, 0.05) is 16.7 Å². The fraction of sp³-hybridized carbons (Fsp3) is 0. The van der Waals surface area contributed by atoms with Gasteiger partial charge in [0.25, 0.3) is 11.8 Å². The van der Waals surface area contributed by atoms with Crippen LogP contribution in [0.25, 0.3) is 33.5 Å². The van der Waals surface area contributed by atoms with Crippen molar-refractivity contribution < 1.29 is 9.59 Å². The van der Waals surface area contributed by atoms with Gasteiger partial charge in [-0.15, -0.1) is 10.2 Å². The van der Waals surface area contributed by atoms with E-state index in [1.165, 1.54) is 0 Å². The van der Waals surface area contributed by atoms with E-state index < -0.39 is 11.8 Å².